The Hall–Kier alpha value is -4.37. The number of carbonyl (C=O) groups is 3. The zero-order valence-electron chi connectivity index (χ0n) is 18.3. The molecule has 168 valence electrons. The fourth-order valence-electron chi connectivity index (χ4n) is 5.24. The third kappa shape index (κ3) is 2.67. The minimum Gasteiger partial charge on any atom is -0.464 e. The molecule has 3 aliphatic heterocycles. The number of amides is 4. The number of aromatic nitrogens is 1. The van der Waals surface area contributed by atoms with Crippen molar-refractivity contribution in [2.75, 3.05) is 20.1 Å². The van der Waals surface area contributed by atoms with Crippen LogP contribution in [0, 0.1) is 0 Å². The second-order valence-corrected chi connectivity index (χ2v) is 8.43. The van der Waals surface area contributed by atoms with Crippen LogP contribution in [0.25, 0.3) is 22.1 Å². The Morgan fingerprint density at radius 2 is 1.97 bits per heavy atom. The number of benzene rings is 1. The molecule has 5 heterocycles. The molecule has 1 aromatic carbocycles. The van der Waals surface area contributed by atoms with Crippen molar-refractivity contribution in [3.63, 3.8) is 0 Å². The van der Waals surface area contributed by atoms with E-state index in [4.69, 9.17) is 4.42 Å². The molecule has 0 saturated heterocycles. The molecule has 9 nitrogen and oxygen atoms in total. The van der Waals surface area contributed by atoms with E-state index < -0.39 is 11.8 Å². The van der Waals surface area contributed by atoms with Gasteiger partial charge in [-0.2, -0.15) is 0 Å². The molecule has 9 heteroatoms. The quantitative estimate of drug-likeness (QED) is 0.456. The summed E-state index contributed by atoms with van der Waals surface area (Å²) in [5.74, 6) is -1.06. The number of nitrogens with zero attached hydrogens (tertiary/aromatic N) is 3. The van der Waals surface area contributed by atoms with Crippen LogP contribution in [0.3, 0.4) is 0 Å². The number of fused-ring (bicyclic) bond motifs is 1. The number of carbonyl (C=O) groups excluding carboxylic acids is 3. The van der Waals surface area contributed by atoms with Crippen molar-refractivity contribution in [2.45, 2.75) is 6.42 Å². The van der Waals surface area contributed by atoms with Gasteiger partial charge in [0.15, 0.2) is 5.69 Å². The summed E-state index contributed by atoms with van der Waals surface area (Å²) in [6, 6.07) is 7.38. The Labute approximate surface area is 194 Å². The fraction of sp³-hybridized carbons (Fsp3) is 0.160. The molecule has 1 unspecified atom stereocenters. The molecule has 0 bridgehead atoms. The molecule has 0 radical (unpaired) electrons. The summed E-state index contributed by atoms with van der Waals surface area (Å²) in [7, 11) is 1.61. The van der Waals surface area contributed by atoms with Gasteiger partial charge in [-0.1, -0.05) is 12.1 Å². The van der Waals surface area contributed by atoms with Crippen molar-refractivity contribution >= 4 is 51.9 Å². The Balaban J connectivity index is 1.66. The number of imide groups is 1. The first-order chi connectivity index (χ1) is 16.5. The highest BCUT2D eigenvalue weighted by atomic mass is 16.3. The number of furan rings is 1. The lowest BCUT2D eigenvalue weighted by atomic mass is 9.90. The van der Waals surface area contributed by atoms with Crippen LogP contribution in [-0.2, 0) is 16.0 Å². The molecule has 0 spiro atoms. The first kappa shape index (κ1) is 20.3. The second-order valence-electron chi connectivity index (χ2n) is 8.43. The number of rotatable bonds is 2. The highest BCUT2D eigenvalue weighted by molar-refractivity contribution is 6.41. The Morgan fingerprint density at radius 3 is 2.82 bits per heavy atom. The number of aliphatic imine (C=N–C) groups is 1. The molecule has 4 amide bonds. The maximum atomic E-state index is 13.2. The molecule has 3 aromatic rings. The van der Waals surface area contributed by atoms with Gasteiger partial charge in [-0.25, -0.2) is 9.28 Å². The van der Waals surface area contributed by atoms with Crippen LogP contribution in [0.5, 0.6) is 0 Å². The van der Waals surface area contributed by atoms with Crippen molar-refractivity contribution in [3.8, 4) is 0 Å². The number of para-hydroxylation sites is 1. The van der Waals surface area contributed by atoms with Crippen LogP contribution in [0.4, 0.5) is 10.5 Å². The second kappa shape index (κ2) is 7.32. The lowest BCUT2D eigenvalue weighted by Crippen LogP contribution is -2.58. The van der Waals surface area contributed by atoms with E-state index in [-0.39, 0.29) is 21.7 Å². The van der Waals surface area contributed by atoms with Gasteiger partial charge < -0.3 is 9.73 Å². The van der Waals surface area contributed by atoms with Gasteiger partial charge in [0, 0.05) is 59.7 Å². The molecule has 2 N–H and O–H groups in total. The topological polar surface area (TPSA) is 114 Å². The van der Waals surface area contributed by atoms with Crippen molar-refractivity contribution < 1.29 is 18.8 Å². The summed E-state index contributed by atoms with van der Waals surface area (Å²) in [6.45, 7) is 0.970. The zero-order chi connectivity index (χ0) is 23.4. The summed E-state index contributed by atoms with van der Waals surface area (Å²) in [6.07, 6.45) is 8.66. The normalized spacial score (nSPS) is 21.3. The van der Waals surface area contributed by atoms with Gasteiger partial charge in [0.25, 0.3) is 11.8 Å². The standard InChI is InChI=1S/C25H19N5O4/c1-26-25(33)30-8-5-14-3-2-4-16(21(14)30)17(12-27-7-9-30)19-20(24(32)29-23(19)31)18-13-28-11-15-6-10-34-22(15)18/h2-4,6-7,10-13H,5,8-9H2,1H3,(H-,26,29,31,32,33)/p+1. The fourth-order valence-corrected chi connectivity index (χ4v) is 5.24. The van der Waals surface area contributed by atoms with Gasteiger partial charge in [-0.15, -0.1) is 0 Å². The van der Waals surface area contributed by atoms with E-state index in [0.29, 0.717) is 41.8 Å². The third-order valence-electron chi connectivity index (χ3n) is 6.73. The van der Waals surface area contributed by atoms with Crippen molar-refractivity contribution in [1.82, 2.24) is 20.1 Å². The maximum absolute atomic E-state index is 13.2. The lowest BCUT2D eigenvalue weighted by molar-refractivity contribution is -0.123. The first-order valence-electron chi connectivity index (χ1n) is 10.9. The molecule has 0 aliphatic carbocycles. The number of quaternary nitrogens is 1. The molecule has 34 heavy (non-hydrogen) atoms. The van der Waals surface area contributed by atoms with E-state index in [1.807, 2.05) is 18.2 Å². The van der Waals surface area contributed by atoms with Gasteiger partial charge in [0.05, 0.1) is 30.2 Å². The zero-order valence-corrected chi connectivity index (χ0v) is 18.3. The van der Waals surface area contributed by atoms with Gasteiger partial charge in [-0.05, 0) is 12.1 Å². The van der Waals surface area contributed by atoms with Crippen molar-refractivity contribution in [3.05, 3.63) is 71.4 Å². The summed E-state index contributed by atoms with van der Waals surface area (Å²) in [5.41, 5.74) is 4.29. The monoisotopic (exact) mass is 454 g/mol. The summed E-state index contributed by atoms with van der Waals surface area (Å²) in [4.78, 5) is 48.0. The predicted molar refractivity (Wildman–Crippen MR) is 127 cm³/mol. The highest BCUT2D eigenvalue weighted by Crippen LogP contribution is 2.45. The molecule has 3 aliphatic rings. The number of hydrogen-bond donors (Lipinski definition) is 2. The van der Waals surface area contributed by atoms with E-state index in [0.717, 1.165) is 16.6 Å². The Bertz CT molecular complexity index is 1510. The molecule has 0 fully saturated rings. The van der Waals surface area contributed by atoms with Gasteiger partial charge in [0.1, 0.15) is 12.1 Å². The van der Waals surface area contributed by atoms with Crippen LogP contribution >= 0.6 is 0 Å². The van der Waals surface area contributed by atoms with Gasteiger partial charge in [-0.3, -0.25) is 24.9 Å². The molecule has 2 aromatic heterocycles. The summed E-state index contributed by atoms with van der Waals surface area (Å²) < 4.78 is 5.68. The van der Waals surface area contributed by atoms with Crippen LogP contribution < -0.4 is 15.1 Å². The number of nitrogens with one attached hydrogen (secondary N) is 2. The molecule has 1 atom stereocenters. The Morgan fingerprint density at radius 1 is 1.12 bits per heavy atom. The average Bonchev–Trinajstić information content (AvgIpc) is 3.53. The van der Waals surface area contributed by atoms with Crippen LogP contribution in [0.1, 0.15) is 16.7 Å². The van der Waals surface area contributed by atoms with Crippen molar-refractivity contribution in [1.29, 1.82) is 0 Å². The van der Waals surface area contributed by atoms with E-state index >= 15 is 0 Å². The number of urea groups is 1. The summed E-state index contributed by atoms with van der Waals surface area (Å²) in [5, 5.41) is 5.93. The van der Waals surface area contributed by atoms with E-state index in [9.17, 15) is 14.4 Å². The number of pyridine rings is 1. The van der Waals surface area contributed by atoms with Crippen LogP contribution in [0.2, 0.25) is 0 Å². The Kier molecular flexibility index (Phi) is 4.36. The highest BCUT2D eigenvalue weighted by Gasteiger charge is 2.48. The smallest absolute Gasteiger partial charge is 0.421 e. The SMILES string of the molecule is CNC(=O)[N+]12CC=NC=C(C3=C(c4cncc5ccoc45)C(=O)NC3=O)c3cccc(c31)CC2. The predicted octanol–water partition coefficient (Wildman–Crippen LogP) is 2.57. The van der Waals surface area contributed by atoms with Crippen LogP contribution in [-0.4, -0.2) is 49.2 Å². The average molecular weight is 454 g/mol. The van der Waals surface area contributed by atoms with Crippen molar-refractivity contribution in [2.24, 2.45) is 4.99 Å². The third-order valence-corrected chi connectivity index (χ3v) is 6.73. The molecular weight excluding hydrogens is 434 g/mol. The van der Waals surface area contributed by atoms with Crippen LogP contribution in [0.15, 0.2) is 64.1 Å². The minimum atomic E-state index is -0.530. The van der Waals surface area contributed by atoms with Gasteiger partial charge >= 0.3 is 6.03 Å². The van der Waals surface area contributed by atoms with Gasteiger partial charge in [0.2, 0.25) is 0 Å². The molecule has 6 rings (SSSR count). The summed E-state index contributed by atoms with van der Waals surface area (Å²) >= 11 is 0. The van der Waals surface area contributed by atoms with E-state index in [1.54, 1.807) is 31.7 Å². The minimum absolute atomic E-state index is 0.0519. The lowest BCUT2D eigenvalue weighted by Gasteiger charge is -2.32. The molecule has 0 saturated carbocycles. The largest absolute Gasteiger partial charge is 0.464 e. The molecular formula is C25H20N5O4+. The maximum Gasteiger partial charge on any atom is 0.421 e. The number of hydrogen-bond acceptors (Lipinski definition) is 6. The first-order valence-corrected chi connectivity index (χ1v) is 10.9. The van der Waals surface area contributed by atoms with E-state index in [2.05, 4.69) is 20.6 Å². The van der Waals surface area contributed by atoms with E-state index in [1.165, 1.54) is 12.5 Å².